The third kappa shape index (κ3) is 4.82. The largest absolute Gasteiger partial charge is 0.465 e. The zero-order valence-corrected chi connectivity index (χ0v) is 23.5. The number of allylic oxidation sites excluding steroid dienone is 1. The third-order valence-electron chi connectivity index (χ3n) is 9.47. The van der Waals surface area contributed by atoms with Gasteiger partial charge in [-0.2, -0.15) is 26.3 Å². The molecule has 4 aliphatic heterocycles. The summed E-state index contributed by atoms with van der Waals surface area (Å²) in [5.74, 6) is -0.657. The molecule has 2 bridgehead atoms. The van der Waals surface area contributed by atoms with Crippen LogP contribution in [0.4, 0.5) is 36.8 Å². The van der Waals surface area contributed by atoms with Crippen molar-refractivity contribution in [2.45, 2.75) is 62.6 Å². The molecule has 6 aliphatic rings. The van der Waals surface area contributed by atoms with Crippen LogP contribution in [0.5, 0.6) is 0 Å². The van der Waals surface area contributed by atoms with Crippen LogP contribution in [0.3, 0.4) is 0 Å². The fraction of sp³-hybridized carbons (Fsp3) is 0.607. The molecule has 4 atom stereocenters. The number of anilines is 1. The van der Waals surface area contributed by atoms with Gasteiger partial charge < -0.3 is 20.0 Å². The first-order valence-electron chi connectivity index (χ1n) is 14.1. The van der Waals surface area contributed by atoms with Crippen LogP contribution in [0.25, 0.3) is 10.2 Å². The van der Waals surface area contributed by atoms with Gasteiger partial charge in [0.05, 0.1) is 29.8 Å². The standard InChI is InChI=1S/C28H28F6N4O4S/c29-27(30,31)7-14-6-17-20(18(28(32,33)34)8-35-23(17)43-14)36-9-26(10-36)11-37(12-26)24(40)21-15-3-4-19(38(21)25(41)42)16(22(15)39)5-13-1-2-13/h5-6,8,13,15,19,21-22,39H,1-4,7,9-12H2,(H,41,42)/b16-5+/t15-,19-,21-,22-/m0/s1. The van der Waals surface area contributed by atoms with E-state index >= 15 is 0 Å². The second-order valence-corrected chi connectivity index (χ2v) is 13.7. The molecule has 8 rings (SSSR count). The number of nitrogens with zero attached hydrogens (tertiary/aromatic N) is 4. The predicted molar refractivity (Wildman–Crippen MR) is 143 cm³/mol. The molecule has 0 aromatic carbocycles. The highest BCUT2D eigenvalue weighted by Gasteiger charge is 2.60. The molecule has 2 aliphatic carbocycles. The lowest BCUT2D eigenvalue weighted by molar-refractivity contribution is -0.160. The highest BCUT2D eigenvalue weighted by molar-refractivity contribution is 7.18. The van der Waals surface area contributed by atoms with Gasteiger partial charge in [0.1, 0.15) is 10.9 Å². The van der Waals surface area contributed by atoms with E-state index in [2.05, 4.69) is 4.98 Å². The lowest BCUT2D eigenvalue weighted by Crippen LogP contribution is -2.76. The number of piperidine rings is 2. The van der Waals surface area contributed by atoms with E-state index in [0.29, 0.717) is 41.9 Å². The molecule has 15 heteroatoms. The molecular formula is C28H28F6N4O4S. The van der Waals surface area contributed by atoms with E-state index in [4.69, 9.17) is 0 Å². The van der Waals surface area contributed by atoms with Crippen LogP contribution in [-0.4, -0.2) is 87.5 Å². The number of pyridine rings is 1. The van der Waals surface area contributed by atoms with E-state index in [1.54, 1.807) is 0 Å². The first kappa shape index (κ1) is 28.7. The van der Waals surface area contributed by atoms with Crippen molar-refractivity contribution in [1.29, 1.82) is 0 Å². The SMILES string of the molecule is O=C([C@@H]1[C@@H]2CC[C@@H](/C(=C\C3CC3)[C@H]2O)N1C(=O)O)N1CC2(C1)CN(c1c(C(F)(F)F)cnc3sc(CC(F)(F)F)cc13)C2. The van der Waals surface area contributed by atoms with Crippen molar-refractivity contribution in [3.63, 3.8) is 0 Å². The second-order valence-electron chi connectivity index (χ2n) is 12.6. The number of carbonyl (C=O) groups excluding carboxylic acids is 1. The number of hydrogen-bond donors (Lipinski definition) is 2. The molecule has 2 saturated carbocycles. The molecule has 0 unspecified atom stereocenters. The van der Waals surface area contributed by atoms with Gasteiger partial charge in [0, 0.05) is 54.0 Å². The second kappa shape index (κ2) is 9.46. The molecule has 43 heavy (non-hydrogen) atoms. The minimum Gasteiger partial charge on any atom is -0.465 e. The molecule has 2 aromatic rings. The minimum absolute atomic E-state index is 0.0144. The van der Waals surface area contributed by atoms with Gasteiger partial charge >= 0.3 is 18.4 Å². The van der Waals surface area contributed by atoms with E-state index < -0.39 is 65.9 Å². The Morgan fingerprint density at radius 3 is 2.37 bits per heavy atom. The number of carboxylic acid groups (broad SMARTS) is 1. The number of carbonyl (C=O) groups is 2. The molecule has 4 saturated heterocycles. The summed E-state index contributed by atoms with van der Waals surface area (Å²) in [5, 5.41) is 21.1. The number of alkyl halides is 6. The molecule has 6 fully saturated rings. The normalized spacial score (nSPS) is 29.4. The van der Waals surface area contributed by atoms with Gasteiger partial charge in [-0.05, 0) is 43.2 Å². The van der Waals surface area contributed by atoms with Gasteiger partial charge in [0.25, 0.3) is 0 Å². The van der Waals surface area contributed by atoms with Crippen molar-refractivity contribution in [1.82, 2.24) is 14.8 Å². The van der Waals surface area contributed by atoms with E-state index in [9.17, 15) is 46.1 Å². The van der Waals surface area contributed by atoms with Crippen molar-refractivity contribution in [2.75, 3.05) is 31.1 Å². The number of fused-ring (bicyclic) bond motifs is 4. The topological polar surface area (TPSA) is 97.2 Å². The summed E-state index contributed by atoms with van der Waals surface area (Å²) >= 11 is 0.709. The number of aliphatic hydroxyl groups is 1. The number of likely N-dealkylation sites (tertiary alicyclic amines) is 1. The summed E-state index contributed by atoms with van der Waals surface area (Å²) in [7, 11) is 0. The van der Waals surface area contributed by atoms with E-state index in [1.807, 2.05) is 6.08 Å². The van der Waals surface area contributed by atoms with Gasteiger partial charge in [0.15, 0.2) is 0 Å². The Kier molecular flexibility index (Phi) is 6.31. The van der Waals surface area contributed by atoms with Crippen LogP contribution >= 0.6 is 11.3 Å². The van der Waals surface area contributed by atoms with Gasteiger partial charge in [-0.1, -0.05) is 6.08 Å². The van der Waals surface area contributed by atoms with Crippen LogP contribution in [0.2, 0.25) is 0 Å². The summed E-state index contributed by atoms with van der Waals surface area (Å²) in [4.78, 5) is 33.9. The Labute approximate surface area is 245 Å². The van der Waals surface area contributed by atoms with Crippen molar-refractivity contribution in [3.8, 4) is 0 Å². The number of thiophene rings is 1. The summed E-state index contributed by atoms with van der Waals surface area (Å²) in [6, 6.07) is -0.474. The summed E-state index contributed by atoms with van der Waals surface area (Å²) < 4.78 is 80.9. The number of aliphatic hydroxyl groups excluding tert-OH is 1. The highest BCUT2D eigenvalue weighted by Crippen LogP contribution is 2.51. The Hall–Kier alpha value is -3.07. The Morgan fingerprint density at radius 1 is 1.07 bits per heavy atom. The van der Waals surface area contributed by atoms with Crippen molar-refractivity contribution >= 4 is 39.2 Å². The average Bonchev–Trinajstić information content (AvgIpc) is 3.58. The number of halogens is 6. The first-order valence-corrected chi connectivity index (χ1v) is 15.0. The molecule has 2 aromatic heterocycles. The third-order valence-corrected chi connectivity index (χ3v) is 10.5. The molecule has 2 N–H and O–H groups in total. The lowest BCUT2D eigenvalue weighted by Gasteiger charge is -2.62. The smallest absolute Gasteiger partial charge is 0.419 e. The molecule has 0 radical (unpaired) electrons. The van der Waals surface area contributed by atoms with E-state index in [1.165, 1.54) is 14.7 Å². The molecule has 8 nitrogen and oxygen atoms in total. The zero-order chi connectivity index (χ0) is 30.6. The summed E-state index contributed by atoms with van der Waals surface area (Å²) in [6.07, 6.45) is -7.04. The molecule has 6 heterocycles. The Morgan fingerprint density at radius 2 is 1.77 bits per heavy atom. The van der Waals surface area contributed by atoms with E-state index in [0.717, 1.165) is 18.9 Å². The van der Waals surface area contributed by atoms with Crippen LogP contribution in [-0.2, 0) is 17.4 Å². The van der Waals surface area contributed by atoms with Gasteiger partial charge in [-0.15, -0.1) is 11.3 Å². The van der Waals surface area contributed by atoms with Crippen molar-refractivity contribution in [2.24, 2.45) is 17.3 Å². The van der Waals surface area contributed by atoms with Crippen LogP contribution in [0, 0.1) is 17.3 Å². The summed E-state index contributed by atoms with van der Waals surface area (Å²) in [6.45, 7) is 0.728. The van der Waals surface area contributed by atoms with Crippen LogP contribution in [0.1, 0.15) is 36.1 Å². The maximum absolute atomic E-state index is 14.0. The number of hydrogen-bond acceptors (Lipinski definition) is 6. The Balaban J connectivity index is 1.09. The van der Waals surface area contributed by atoms with Crippen molar-refractivity contribution < 1.29 is 46.1 Å². The Bertz CT molecular complexity index is 1520. The predicted octanol–water partition coefficient (Wildman–Crippen LogP) is 4.91. The van der Waals surface area contributed by atoms with Gasteiger partial charge in [-0.3, -0.25) is 9.69 Å². The molecular weight excluding hydrogens is 602 g/mol. The number of rotatable bonds is 4. The maximum Gasteiger partial charge on any atom is 0.419 e. The summed E-state index contributed by atoms with van der Waals surface area (Å²) in [5.41, 5.74) is -1.08. The monoisotopic (exact) mass is 630 g/mol. The number of aromatic nitrogens is 1. The highest BCUT2D eigenvalue weighted by atomic mass is 32.1. The molecule has 232 valence electrons. The fourth-order valence-corrected chi connectivity index (χ4v) is 8.57. The molecule has 1 spiro atoms. The minimum atomic E-state index is -4.78. The van der Waals surface area contributed by atoms with Crippen LogP contribution in [0.15, 0.2) is 23.9 Å². The van der Waals surface area contributed by atoms with Crippen LogP contribution < -0.4 is 4.90 Å². The molecule has 2 amide bonds. The van der Waals surface area contributed by atoms with Gasteiger partial charge in [-0.25, -0.2) is 9.78 Å². The first-order chi connectivity index (χ1) is 20.1. The zero-order valence-electron chi connectivity index (χ0n) is 22.7. The average molecular weight is 631 g/mol. The number of amides is 2. The lowest BCUT2D eigenvalue weighted by atomic mass is 9.67. The van der Waals surface area contributed by atoms with Gasteiger partial charge in [0.2, 0.25) is 5.91 Å². The van der Waals surface area contributed by atoms with Crippen molar-refractivity contribution in [3.05, 3.63) is 34.4 Å². The fourth-order valence-electron chi connectivity index (χ4n) is 7.54. The quantitative estimate of drug-likeness (QED) is 0.369. The van der Waals surface area contributed by atoms with E-state index in [-0.39, 0.29) is 47.0 Å². The maximum atomic E-state index is 14.0.